The molecule has 20 heavy (non-hydrogen) atoms. The summed E-state index contributed by atoms with van der Waals surface area (Å²) in [6, 6.07) is 8.04. The van der Waals surface area contributed by atoms with E-state index in [4.69, 9.17) is 4.74 Å². The molecule has 0 aromatic heterocycles. The fourth-order valence-electron chi connectivity index (χ4n) is 2.80. The Morgan fingerprint density at radius 1 is 1.25 bits per heavy atom. The molecule has 3 unspecified atom stereocenters. The summed E-state index contributed by atoms with van der Waals surface area (Å²) >= 11 is 0. The van der Waals surface area contributed by atoms with Crippen LogP contribution in [0.4, 0.5) is 0 Å². The van der Waals surface area contributed by atoms with Crippen molar-refractivity contribution in [2.45, 2.75) is 55.2 Å². The molecule has 2 rings (SSSR count). The lowest BCUT2D eigenvalue weighted by Crippen LogP contribution is -2.44. The van der Waals surface area contributed by atoms with Crippen LogP contribution in [0.15, 0.2) is 29.2 Å². The number of methoxy groups -OCH3 is 1. The van der Waals surface area contributed by atoms with Crippen molar-refractivity contribution in [3.8, 4) is 5.75 Å². The minimum atomic E-state index is -0.932. The third-order valence-corrected chi connectivity index (χ3v) is 5.78. The van der Waals surface area contributed by atoms with Crippen molar-refractivity contribution in [1.82, 2.24) is 5.32 Å². The first-order valence-corrected chi connectivity index (χ1v) is 8.75. The molecule has 0 amide bonds. The Morgan fingerprint density at radius 2 is 1.95 bits per heavy atom. The molecule has 3 nitrogen and oxygen atoms in total. The van der Waals surface area contributed by atoms with Gasteiger partial charge in [-0.15, -0.1) is 0 Å². The van der Waals surface area contributed by atoms with E-state index in [1.54, 1.807) is 7.11 Å². The molecule has 0 radical (unpaired) electrons. The summed E-state index contributed by atoms with van der Waals surface area (Å²) in [6.45, 7) is 3.19. The highest BCUT2D eigenvalue weighted by molar-refractivity contribution is 7.85. The lowest BCUT2D eigenvalue weighted by Gasteiger charge is -2.31. The molecule has 0 saturated heterocycles. The van der Waals surface area contributed by atoms with Gasteiger partial charge in [-0.25, -0.2) is 0 Å². The van der Waals surface area contributed by atoms with Gasteiger partial charge >= 0.3 is 0 Å². The van der Waals surface area contributed by atoms with E-state index in [2.05, 4.69) is 12.2 Å². The maximum absolute atomic E-state index is 12.8. The van der Waals surface area contributed by atoms with Gasteiger partial charge in [0.05, 0.1) is 23.2 Å². The van der Waals surface area contributed by atoms with Gasteiger partial charge in [0.2, 0.25) is 0 Å². The van der Waals surface area contributed by atoms with Crippen molar-refractivity contribution in [2.75, 3.05) is 13.7 Å². The molecule has 0 spiro atoms. The molecule has 0 bridgehead atoms. The van der Waals surface area contributed by atoms with Crippen LogP contribution in [0.25, 0.3) is 0 Å². The summed E-state index contributed by atoms with van der Waals surface area (Å²) in [7, 11) is 0.719. The second-order valence-corrected chi connectivity index (χ2v) is 7.03. The molecule has 1 aliphatic carbocycles. The molecule has 1 aliphatic rings. The Labute approximate surface area is 124 Å². The zero-order valence-electron chi connectivity index (χ0n) is 12.4. The van der Waals surface area contributed by atoms with Gasteiger partial charge in [-0.1, -0.05) is 19.8 Å². The van der Waals surface area contributed by atoms with Gasteiger partial charge in [0, 0.05) is 10.9 Å². The molecular formula is C16H25NO2S. The smallest absolute Gasteiger partial charge is 0.118 e. The Kier molecular flexibility index (Phi) is 6.05. The van der Waals surface area contributed by atoms with Crippen LogP contribution in [0.2, 0.25) is 0 Å². The first-order chi connectivity index (χ1) is 9.76. The second kappa shape index (κ2) is 7.79. The normalized spacial score (nSPS) is 24.3. The van der Waals surface area contributed by atoms with Crippen LogP contribution in [0.1, 0.15) is 39.0 Å². The van der Waals surface area contributed by atoms with E-state index in [-0.39, 0.29) is 5.25 Å². The van der Waals surface area contributed by atoms with Gasteiger partial charge < -0.3 is 10.1 Å². The zero-order valence-corrected chi connectivity index (χ0v) is 13.2. The van der Waals surface area contributed by atoms with Crippen molar-refractivity contribution in [1.29, 1.82) is 0 Å². The molecule has 0 heterocycles. The van der Waals surface area contributed by atoms with Crippen molar-refractivity contribution in [3.05, 3.63) is 24.3 Å². The Morgan fingerprint density at radius 3 is 2.60 bits per heavy atom. The predicted octanol–water partition coefficient (Wildman–Crippen LogP) is 3.11. The summed E-state index contributed by atoms with van der Waals surface area (Å²) in [4.78, 5) is 0.918. The van der Waals surface area contributed by atoms with Gasteiger partial charge in [0.15, 0.2) is 0 Å². The average molecular weight is 295 g/mol. The lowest BCUT2D eigenvalue weighted by atomic mass is 9.95. The quantitative estimate of drug-likeness (QED) is 0.876. The van der Waals surface area contributed by atoms with Gasteiger partial charge in [0.1, 0.15) is 5.75 Å². The molecule has 1 aromatic rings. The first-order valence-electron chi connectivity index (χ1n) is 7.54. The zero-order chi connectivity index (χ0) is 14.4. The highest BCUT2D eigenvalue weighted by Crippen LogP contribution is 2.27. The molecule has 4 heteroatoms. The third kappa shape index (κ3) is 3.83. The molecule has 0 aliphatic heterocycles. The van der Waals surface area contributed by atoms with E-state index < -0.39 is 10.8 Å². The van der Waals surface area contributed by atoms with Crippen LogP contribution in [0, 0.1) is 0 Å². The van der Waals surface area contributed by atoms with Crippen molar-refractivity contribution < 1.29 is 8.95 Å². The van der Waals surface area contributed by atoms with Crippen LogP contribution in [0.5, 0.6) is 5.75 Å². The number of rotatable bonds is 6. The average Bonchev–Trinajstić information content (AvgIpc) is 2.52. The highest BCUT2D eigenvalue weighted by Gasteiger charge is 2.30. The summed E-state index contributed by atoms with van der Waals surface area (Å²) in [5, 5.41) is 3.82. The van der Waals surface area contributed by atoms with Gasteiger partial charge in [-0.05, 0) is 50.1 Å². The predicted molar refractivity (Wildman–Crippen MR) is 83.7 cm³/mol. The van der Waals surface area contributed by atoms with Gasteiger partial charge in [-0.2, -0.15) is 0 Å². The van der Waals surface area contributed by atoms with Gasteiger partial charge in [0.25, 0.3) is 0 Å². The topological polar surface area (TPSA) is 38.3 Å². The Bertz CT molecular complexity index is 433. The van der Waals surface area contributed by atoms with Crippen LogP contribution in [0.3, 0.4) is 0 Å². The molecule has 3 atom stereocenters. The molecule has 1 aromatic carbocycles. The van der Waals surface area contributed by atoms with Crippen molar-refractivity contribution in [2.24, 2.45) is 0 Å². The molecule has 112 valence electrons. The fraction of sp³-hybridized carbons (Fsp3) is 0.625. The number of ether oxygens (including phenoxy) is 1. The maximum Gasteiger partial charge on any atom is 0.118 e. The Balaban J connectivity index is 2.07. The lowest BCUT2D eigenvalue weighted by molar-refractivity contribution is 0.379. The van der Waals surface area contributed by atoms with E-state index in [1.807, 2.05) is 24.3 Å². The summed E-state index contributed by atoms with van der Waals surface area (Å²) in [5.41, 5.74) is 0. The number of nitrogens with one attached hydrogen (secondary N) is 1. The monoisotopic (exact) mass is 295 g/mol. The van der Waals surface area contributed by atoms with Crippen LogP contribution in [-0.2, 0) is 10.8 Å². The van der Waals surface area contributed by atoms with E-state index in [9.17, 15) is 4.21 Å². The first kappa shape index (κ1) is 15.5. The summed E-state index contributed by atoms with van der Waals surface area (Å²) in [5.74, 6) is 0.815. The van der Waals surface area contributed by atoms with Crippen LogP contribution in [-0.4, -0.2) is 29.2 Å². The van der Waals surface area contributed by atoms with Crippen LogP contribution < -0.4 is 10.1 Å². The maximum atomic E-state index is 12.8. The largest absolute Gasteiger partial charge is 0.497 e. The minimum absolute atomic E-state index is 0.240. The van der Waals surface area contributed by atoms with E-state index in [1.165, 1.54) is 12.8 Å². The van der Waals surface area contributed by atoms with E-state index in [0.29, 0.717) is 6.04 Å². The summed E-state index contributed by atoms with van der Waals surface area (Å²) < 4.78 is 18.0. The van der Waals surface area contributed by atoms with Crippen molar-refractivity contribution in [3.63, 3.8) is 0 Å². The summed E-state index contributed by atoms with van der Waals surface area (Å²) in [6.07, 6.45) is 5.76. The second-order valence-electron chi connectivity index (χ2n) is 5.36. The highest BCUT2D eigenvalue weighted by atomic mass is 32.2. The number of hydrogen-bond donors (Lipinski definition) is 1. The molecular weight excluding hydrogens is 270 g/mol. The van der Waals surface area contributed by atoms with Crippen molar-refractivity contribution >= 4 is 10.8 Å². The number of benzene rings is 1. The van der Waals surface area contributed by atoms with Crippen LogP contribution >= 0.6 is 0 Å². The molecule has 1 N–H and O–H groups in total. The fourth-order valence-corrected chi connectivity index (χ4v) is 4.47. The number of hydrogen-bond acceptors (Lipinski definition) is 3. The standard InChI is InChI=1S/C16H25NO2S/c1-3-12-17-15-6-4-5-7-16(15)20(18)14-10-8-13(19-2)9-11-14/h8-11,15-17H,3-7,12H2,1-2H3. The minimum Gasteiger partial charge on any atom is -0.497 e. The van der Waals surface area contributed by atoms with Gasteiger partial charge in [-0.3, -0.25) is 4.21 Å². The SMILES string of the molecule is CCCNC1CCCCC1S(=O)c1ccc(OC)cc1. The Hall–Kier alpha value is -0.870. The van der Waals surface area contributed by atoms with E-state index in [0.717, 1.165) is 36.5 Å². The molecule has 1 fully saturated rings. The molecule has 1 saturated carbocycles. The third-order valence-electron chi connectivity index (χ3n) is 3.93. The van der Waals surface area contributed by atoms with E-state index >= 15 is 0 Å².